The molecule has 38 heavy (non-hydrogen) atoms. The SMILES string of the molecule is CCOC(=O)c1cnc2c(-c3cccc(Cl)c3)c(N=C(c3ccccc3)c3ccccc3)nn2c1C(C)C. The molecule has 0 aliphatic rings. The van der Waals surface area contributed by atoms with Crippen LogP contribution in [-0.4, -0.2) is 32.9 Å². The summed E-state index contributed by atoms with van der Waals surface area (Å²) in [5, 5.41) is 5.54. The van der Waals surface area contributed by atoms with Crippen molar-refractivity contribution in [2.45, 2.75) is 26.7 Å². The van der Waals surface area contributed by atoms with Crippen molar-refractivity contribution in [3.63, 3.8) is 0 Å². The first-order valence-corrected chi connectivity index (χ1v) is 12.9. The molecule has 2 aromatic heterocycles. The van der Waals surface area contributed by atoms with Crippen molar-refractivity contribution < 1.29 is 9.53 Å². The highest BCUT2D eigenvalue weighted by atomic mass is 35.5. The molecule has 7 heteroatoms. The third-order valence-electron chi connectivity index (χ3n) is 6.13. The van der Waals surface area contributed by atoms with Crippen LogP contribution < -0.4 is 0 Å². The summed E-state index contributed by atoms with van der Waals surface area (Å²) < 4.78 is 7.04. The Balaban J connectivity index is 1.85. The van der Waals surface area contributed by atoms with E-state index in [0.717, 1.165) is 28.0 Å². The van der Waals surface area contributed by atoms with Crippen LogP contribution in [0.1, 0.15) is 53.9 Å². The Labute approximate surface area is 226 Å². The summed E-state index contributed by atoms with van der Waals surface area (Å²) in [4.78, 5) is 22.7. The number of nitrogens with zero attached hydrogens (tertiary/aromatic N) is 4. The number of esters is 1. The molecule has 0 saturated heterocycles. The second-order valence-electron chi connectivity index (χ2n) is 9.07. The number of halogens is 1. The average Bonchev–Trinajstić information content (AvgIpc) is 3.30. The summed E-state index contributed by atoms with van der Waals surface area (Å²) in [7, 11) is 0. The van der Waals surface area contributed by atoms with Crippen molar-refractivity contribution >= 4 is 34.7 Å². The molecule has 0 aliphatic carbocycles. The number of rotatable bonds is 7. The van der Waals surface area contributed by atoms with Crippen LogP contribution in [0.15, 0.2) is 96.1 Å². The van der Waals surface area contributed by atoms with Gasteiger partial charge in [-0.2, -0.15) is 0 Å². The van der Waals surface area contributed by atoms with Crippen molar-refractivity contribution in [1.82, 2.24) is 14.6 Å². The summed E-state index contributed by atoms with van der Waals surface area (Å²) >= 11 is 6.40. The minimum Gasteiger partial charge on any atom is -0.462 e. The Bertz CT molecular complexity index is 1590. The van der Waals surface area contributed by atoms with E-state index in [9.17, 15) is 4.79 Å². The molecule has 0 fully saturated rings. The fraction of sp³-hybridized carbons (Fsp3) is 0.161. The van der Waals surface area contributed by atoms with Crippen molar-refractivity contribution in [1.29, 1.82) is 0 Å². The standard InChI is InChI=1S/C31H27ClN4O2/c1-4-38-31(37)25-19-33-30-26(23-16-11-17-24(32)18-23)29(35-36(30)28(25)20(2)3)34-27(21-12-7-5-8-13-21)22-14-9-6-10-15-22/h5-20H,4H2,1-3H3. The van der Waals surface area contributed by atoms with Gasteiger partial charge >= 0.3 is 5.97 Å². The summed E-state index contributed by atoms with van der Waals surface area (Å²) in [6.07, 6.45) is 1.57. The van der Waals surface area contributed by atoms with E-state index in [1.54, 1.807) is 17.6 Å². The van der Waals surface area contributed by atoms with Gasteiger partial charge in [0.15, 0.2) is 11.5 Å². The quantitative estimate of drug-likeness (QED) is 0.164. The molecule has 0 aliphatic heterocycles. The lowest BCUT2D eigenvalue weighted by Gasteiger charge is -2.13. The van der Waals surface area contributed by atoms with Crippen LogP contribution in [0.25, 0.3) is 16.8 Å². The van der Waals surface area contributed by atoms with E-state index in [4.69, 9.17) is 31.4 Å². The predicted molar refractivity (Wildman–Crippen MR) is 152 cm³/mol. The van der Waals surface area contributed by atoms with Crippen molar-refractivity contribution in [2.75, 3.05) is 6.61 Å². The maximum atomic E-state index is 12.8. The average molecular weight is 523 g/mol. The Morgan fingerprint density at radius 1 is 0.974 bits per heavy atom. The summed E-state index contributed by atoms with van der Waals surface area (Å²) in [5.74, 6) is 0.0154. The Hall–Kier alpha value is -4.29. The number of hydrogen-bond donors (Lipinski definition) is 0. The summed E-state index contributed by atoms with van der Waals surface area (Å²) in [6.45, 7) is 6.08. The molecule has 0 amide bonds. The lowest BCUT2D eigenvalue weighted by Crippen LogP contribution is -2.14. The molecule has 0 saturated carbocycles. The van der Waals surface area contributed by atoms with Gasteiger partial charge < -0.3 is 4.74 Å². The van der Waals surface area contributed by atoms with Crippen LogP contribution in [0.2, 0.25) is 5.02 Å². The minimum absolute atomic E-state index is 0.0356. The number of aliphatic imine (C=N–C) groups is 1. The van der Waals surface area contributed by atoms with Crippen LogP contribution in [-0.2, 0) is 4.74 Å². The smallest absolute Gasteiger partial charge is 0.341 e. The molecule has 6 nitrogen and oxygen atoms in total. The monoisotopic (exact) mass is 522 g/mol. The van der Waals surface area contributed by atoms with Crippen LogP contribution in [0.3, 0.4) is 0 Å². The molecule has 0 spiro atoms. The fourth-order valence-electron chi connectivity index (χ4n) is 4.49. The third kappa shape index (κ3) is 4.95. The molecule has 190 valence electrons. The number of carbonyl (C=O) groups excluding carboxylic acids is 1. The van der Waals surface area contributed by atoms with E-state index in [-0.39, 0.29) is 12.5 Å². The zero-order valence-electron chi connectivity index (χ0n) is 21.4. The van der Waals surface area contributed by atoms with Gasteiger partial charge in [-0.25, -0.2) is 19.3 Å². The van der Waals surface area contributed by atoms with Crippen LogP contribution in [0.4, 0.5) is 5.82 Å². The highest BCUT2D eigenvalue weighted by molar-refractivity contribution is 6.31. The van der Waals surface area contributed by atoms with E-state index in [0.29, 0.717) is 27.7 Å². The van der Waals surface area contributed by atoms with E-state index < -0.39 is 5.97 Å². The molecule has 0 N–H and O–H groups in total. The van der Waals surface area contributed by atoms with E-state index in [1.165, 1.54) is 0 Å². The van der Waals surface area contributed by atoms with E-state index >= 15 is 0 Å². The van der Waals surface area contributed by atoms with Gasteiger partial charge in [-0.3, -0.25) is 0 Å². The highest BCUT2D eigenvalue weighted by Crippen LogP contribution is 2.37. The van der Waals surface area contributed by atoms with Gasteiger partial charge in [-0.05, 0) is 30.5 Å². The van der Waals surface area contributed by atoms with E-state index in [2.05, 4.69) is 0 Å². The van der Waals surface area contributed by atoms with Gasteiger partial charge in [0.25, 0.3) is 0 Å². The van der Waals surface area contributed by atoms with Gasteiger partial charge in [0, 0.05) is 22.3 Å². The largest absolute Gasteiger partial charge is 0.462 e. The normalized spacial score (nSPS) is 11.1. The Morgan fingerprint density at radius 2 is 1.63 bits per heavy atom. The number of fused-ring (bicyclic) bond motifs is 1. The van der Waals surface area contributed by atoms with Crippen LogP contribution in [0.5, 0.6) is 0 Å². The molecule has 0 radical (unpaired) electrons. The van der Waals surface area contributed by atoms with E-state index in [1.807, 2.05) is 98.8 Å². The number of ether oxygens (including phenoxy) is 1. The lowest BCUT2D eigenvalue weighted by molar-refractivity contribution is 0.0523. The third-order valence-corrected chi connectivity index (χ3v) is 6.37. The number of aromatic nitrogens is 3. The number of carbonyl (C=O) groups is 1. The molecule has 0 atom stereocenters. The van der Waals surface area contributed by atoms with Gasteiger partial charge in [-0.1, -0.05) is 98.2 Å². The molecule has 5 rings (SSSR count). The van der Waals surface area contributed by atoms with Gasteiger partial charge in [0.2, 0.25) is 0 Å². The topological polar surface area (TPSA) is 68.8 Å². The summed E-state index contributed by atoms with van der Waals surface area (Å²) in [5.41, 5.74) is 5.93. The fourth-order valence-corrected chi connectivity index (χ4v) is 4.68. The second-order valence-corrected chi connectivity index (χ2v) is 9.51. The molecule has 0 unspecified atom stereocenters. The van der Waals surface area contributed by atoms with Crippen molar-refractivity contribution in [3.05, 3.63) is 119 Å². The minimum atomic E-state index is -0.426. The zero-order valence-corrected chi connectivity index (χ0v) is 22.2. The summed E-state index contributed by atoms with van der Waals surface area (Å²) in [6, 6.07) is 27.5. The molecule has 0 bridgehead atoms. The van der Waals surface area contributed by atoms with Crippen LogP contribution in [0, 0.1) is 0 Å². The van der Waals surface area contributed by atoms with Gasteiger partial charge in [0.1, 0.15) is 0 Å². The lowest BCUT2D eigenvalue weighted by atomic mass is 10.0. The molecule has 3 aromatic carbocycles. The first-order valence-electron chi connectivity index (χ1n) is 12.5. The maximum Gasteiger partial charge on any atom is 0.341 e. The number of hydrogen-bond acceptors (Lipinski definition) is 5. The Kier molecular flexibility index (Phi) is 7.33. The van der Waals surface area contributed by atoms with Crippen molar-refractivity contribution in [2.24, 2.45) is 4.99 Å². The Morgan fingerprint density at radius 3 is 2.21 bits per heavy atom. The van der Waals surface area contributed by atoms with Crippen LogP contribution >= 0.6 is 11.6 Å². The van der Waals surface area contributed by atoms with Gasteiger partial charge in [0.05, 0.1) is 29.1 Å². The molecule has 2 heterocycles. The molecular weight excluding hydrogens is 496 g/mol. The zero-order chi connectivity index (χ0) is 26.6. The van der Waals surface area contributed by atoms with Gasteiger partial charge in [-0.15, -0.1) is 5.10 Å². The first kappa shape index (κ1) is 25.4. The highest BCUT2D eigenvalue weighted by Gasteiger charge is 2.25. The molecular formula is C31H27ClN4O2. The van der Waals surface area contributed by atoms with Crippen molar-refractivity contribution in [3.8, 4) is 11.1 Å². The first-order chi connectivity index (χ1) is 18.5. The molecule has 5 aromatic rings. The predicted octanol–water partition coefficient (Wildman–Crippen LogP) is 7.52. The maximum absolute atomic E-state index is 12.8. The second kappa shape index (κ2) is 11.0. The number of benzene rings is 3.